The minimum Gasteiger partial charge on any atom is -0.233 e. The monoisotopic (exact) mass is 310 g/mol. The third-order valence-electron chi connectivity index (χ3n) is 2.39. The predicted molar refractivity (Wildman–Crippen MR) is 74.3 cm³/mol. The van der Waals surface area contributed by atoms with Crippen LogP contribution < -0.4 is 0 Å². The number of aromatic nitrogens is 2. The molecule has 0 N–H and O–H groups in total. The zero-order valence-electron chi connectivity index (χ0n) is 9.61. The van der Waals surface area contributed by atoms with Gasteiger partial charge in [0.25, 0.3) is 0 Å². The molecule has 2 aromatic rings. The molecule has 0 atom stereocenters. The van der Waals surface area contributed by atoms with Crippen molar-refractivity contribution in [3.63, 3.8) is 0 Å². The molecule has 2 nitrogen and oxygen atoms in total. The maximum Gasteiger partial charge on any atom is 0.161 e. The van der Waals surface area contributed by atoms with E-state index in [0.29, 0.717) is 16.9 Å². The topological polar surface area (TPSA) is 25.8 Å². The van der Waals surface area contributed by atoms with Gasteiger partial charge in [-0.1, -0.05) is 53.5 Å². The van der Waals surface area contributed by atoms with E-state index < -0.39 is 0 Å². The van der Waals surface area contributed by atoms with Gasteiger partial charge in [0.05, 0.1) is 0 Å². The van der Waals surface area contributed by atoms with E-state index in [1.807, 2.05) is 30.3 Å². The lowest BCUT2D eigenvalue weighted by molar-refractivity contribution is 0.817. The molecule has 0 spiro atoms. The van der Waals surface area contributed by atoms with Crippen molar-refractivity contribution in [1.29, 1.82) is 0 Å². The Kier molecular flexibility index (Phi) is 3.79. The molecule has 4 heteroatoms. The van der Waals surface area contributed by atoms with E-state index in [1.54, 1.807) is 0 Å². The predicted octanol–water partition coefficient (Wildman–Crippen LogP) is 4.68. The van der Waals surface area contributed by atoms with E-state index in [9.17, 15) is 0 Å². The van der Waals surface area contributed by atoms with Gasteiger partial charge < -0.3 is 0 Å². The second kappa shape index (κ2) is 5.15. The van der Waals surface area contributed by atoms with Gasteiger partial charge in [-0.15, -0.1) is 0 Å². The number of hydrogen-bond acceptors (Lipinski definition) is 2. The molecule has 0 fully saturated rings. The summed E-state index contributed by atoms with van der Waals surface area (Å²) < 4.78 is 1.00. The van der Waals surface area contributed by atoms with Crippen LogP contribution in [-0.2, 0) is 0 Å². The summed E-state index contributed by atoms with van der Waals surface area (Å²) in [6, 6.07) is 9.69. The van der Waals surface area contributed by atoms with Crippen LogP contribution in [0.5, 0.6) is 0 Å². The van der Waals surface area contributed by atoms with E-state index in [-0.39, 0.29) is 0 Å². The summed E-state index contributed by atoms with van der Waals surface area (Å²) in [6.07, 6.45) is 0. The van der Waals surface area contributed by atoms with Crippen molar-refractivity contribution in [2.75, 3.05) is 0 Å². The Labute approximate surface area is 114 Å². The molecule has 0 aliphatic rings. The minimum absolute atomic E-state index is 0.335. The van der Waals surface area contributed by atoms with Crippen molar-refractivity contribution in [3.8, 4) is 11.4 Å². The lowest BCUT2D eigenvalue weighted by Gasteiger charge is -2.07. The summed E-state index contributed by atoms with van der Waals surface area (Å²) in [4.78, 5) is 8.79. The zero-order chi connectivity index (χ0) is 12.4. The SMILES string of the molecule is CC(C)c1cc(Cl)nc(-c2cccc(Br)c2)n1. The van der Waals surface area contributed by atoms with Crippen LogP contribution in [0, 0.1) is 0 Å². The van der Waals surface area contributed by atoms with Crippen LogP contribution in [0.3, 0.4) is 0 Å². The number of nitrogens with zero attached hydrogens (tertiary/aromatic N) is 2. The quantitative estimate of drug-likeness (QED) is 0.752. The minimum atomic E-state index is 0.335. The molecule has 17 heavy (non-hydrogen) atoms. The average Bonchev–Trinajstić information content (AvgIpc) is 2.28. The highest BCUT2D eigenvalue weighted by molar-refractivity contribution is 9.10. The zero-order valence-corrected chi connectivity index (χ0v) is 12.0. The highest BCUT2D eigenvalue weighted by Gasteiger charge is 2.08. The molecule has 0 amide bonds. The smallest absolute Gasteiger partial charge is 0.161 e. The summed E-state index contributed by atoms with van der Waals surface area (Å²) in [5, 5.41) is 0.485. The lowest BCUT2D eigenvalue weighted by atomic mass is 10.1. The van der Waals surface area contributed by atoms with Crippen molar-refractivity contribution < 1.29 is 0 Å². The van der Waals surface area contributed by atoms with Crippen molar-refractivity contribution in [2.24, 2.45) is 0 Å². The summed E-state index contributed by atoms with van der Waals surface area (Å²) in [5.74, 6) is 1.00. The third kappa shape index (κ3) is 3.05. The molecule has 0 saturated carbocycles. The Morgan fingerprint density at radius 2 is 1.94 bits per heavy atom. The van der Waals surface area contributed by atoms with Crippen LogP contribution in [0.2, 0.25) is 5.15 Å². The largest absolute Gasteiger partial charge is 0.233 e. The normalized spacial score (nSPS) is 10.9. The van der Waals surface area contributed by atoms with Gasteiger partial charge in [0.15, 0.2) is 5.82 Å². The molecule has 0 bridgehead atoms. The third-order valence-corrected chi connectivity index (χ3v) is 3.08. The fourth-order valence-corrected chi connectivity index (χ4v) is 2.08. The first kappa shape index (κ1) is 12.5. The van der Waals surface area contributed by atoms with Crippen molar-refractivity contribution in [2.45, 2.75) is 19.8 Å². The lowest BCUT2D eigenvalue weighted by Crippen LogP contribution is -1.98. The van der Waals surface area contributed by atoms with E-state index in [0.717, 1.165) is 15.7 Å². The molecule has 88 valence electrons. The number of hydrogen-bond donors (Lipinski definition) is 0. The summed E-state index contributed by atoms with van der Waals surface area (Å²) >= 11 is 9.46. The number of halogens is 2. The fraction of sp³-hybridized carbons (Fsp3) is 0.231. The highest BCUT2D eigenvalue weighted by atomic mass is 79.9. The van der Waals surface area contributed by atoms with Crippen LogP contribution in [0.1, 0.15) is 25.5 Å². The van der Waals surface area contributed by atoms with Gasteiger partial charge >= 0.3 is 0 Å². The molecule has 0 saturated heterocycles. The standard InChI is InChI=1S/C13H12BrClN2/c1-8(2)11-7-12(15)17-13(16-11)9-4-3-5-10(14)6-9/h3-8H,1-2H3. The number of benzene rings is 1. The first-order valence-electron chi connectivity index (χ1n) is 5.36. The Bertz CT molecular complexity index is 541. The van der Waals surface area contributed by atoms with Gasteiger partial charge in [-0.25, -0.2) is 9.97 Å². The number of rotatable bonds is 2. The van der Waals surface area contributed by atoms with Crippen LogP contribution >= 0.6 is 27.5 Å². The molecule has 0 aliphatic heterocycles. The molecule has 1 aromatic heterocycles. The fourth-order valence-electron chi connectivity index (χ4n) is 1.49. The van der Waals surface area contributed by atoms with Crippen LogP contribution in [0.25, 0.3) is 11.4 Å². The first-order valence-corrected chi connectivity index (χ1v) is 6.54. The highest BCUT2D eigenvalue weighted by Crippen LogP contribution is 2.23. The maximum atomic E-state index is 6.02. The van der Waals surface area contributed by atoms with Gasteiger partial charge in [-0.05, 0) is 24.1 Å². The summed E-state index contributed by atoms with van der Waals surface area (Å²) in [7, 11) is 0. The van der Waals surface area contributed by atoms with Gasteiger partial charge in [-0.3, -0.25) is 0 Å². The molecule has 0 aliphatic carbocycles. The molecule has 1 aromatic carbocycles. The molecular formula is C13H12BrClN2. The summed E-state index contributed by atoms with van der Waals surface area (Å²) in [6.45, 7) is 4.17. The second-order valence-electron chi connectivity index (χ2n) is 4.10. The molecule has 1 heterocycles. The van der Waals surface area contributed by atoms with Crippen LogP contribution in [0.15, 0.2) is 34.8 Å². The van der Waals surface area contributed by atoms with Crippen molar-refractivity contribution in [1.82, 2.24) is 9.97 Å². The van der Waals surface area contributed by atoms with E-state index >= 15 is 0 Å². The Balaban J connectivity index is 2.52. The first-order chi connectivity index (χ1) is 8.06. The summed E-state index contributed by atoms with van der Waals surface area (Å²) in [5.41, 5.74) is 1.92. The van der Waals surface area contributed by atoms with Crippen molar-refractivity contribution >= 4 is 27.5 Å². The molecule has 0 unspecified atom stereocenters. The van der Waals surface area contributed by atoms with E-state index in [2.05, 4.69) is 39.7 Å². The van der Waals surface area contributed by atoms with Gasteiger partial charge in [0, 0.05) is 15.7 Å². The van der Waals surface area contributed by atoms with Crippen LogP contribution in [0.4, 0.5) is 0 Å². The van der Waals surface area contributed by atoms with Crippen LogP contribution in [-0.4, -0.2) is 9.97 Å². The van der Waals surface area contributed by atoms with Gasteiger partial charge in [0.1, 0.15) is 5.15 Å². The van der Waals surface area contributed by atoms with Crippen molar-refractivity contribution in [3.05, 3.63) is 45.7 Å². The van der Waals surface area contributed by atoms with Gasteiger partial charge in [-0.2, -0.15) is 0 Å². The second-order valence-corrected chi connectivity index (χ2v) is 5.41. The Hall–Kier alpha value is -0.930. The van der Waals surface area contributed by atoms with E-state index in [1.165, 1.54) is 0 Å². The van der Waals surface area contributed by atoms with E-state index in [4.69, 9.17) is 11.6 Å². The molecular weight excluding hydrogens is 300 g/mol. The Morgan fingerprint density at radius 1 is 1.18 bits per heavy atom. The Morgan fingerprint density at radius 3 is 2.59 bits per heavy atom. The maximum absolute atomic E-state index is 6.02. The molecule has 2 rings (SSSR count). The van der Waals surface area contributed by atoms with Gasteiger partial charge in [0.2, 0.25) is 0 Å². The molecule has 0 radical (unpaired) electrons. The average molecular weight is 312 g/mol.